The molecule has 0 aliphatic carbocycles. The van der Waals surface area contributed by atoms with Crippen LogP contribution in [0.25, 0.3) is 0 Å². The van der Waals surface area contributed by atoms with Gasteiger partial charge in [0.05, 0.1) is 0 Å². The first-order chi connectivity index (χ1) is 6.33. The zero-order valence-electron chi connectivity index (χ0n) is 7.92. The summed E-state index contributed by atoms with van der Waals surface area (Å²) < 4.78 is 6.16. The minimum atomic E-state index is 0.869. The molecule has 0 aliphatic heterocycles. The number of unbranched alkanes of at least 4 members (excludes halogenated alkanes) is 1. The van der Waals surface area contributed by atoms with Crippen LogP contribution in [0.15, 0.2) is 28.7 Å². The van der Waals surface area contributed by atoms with Gasteiger partial charge >= 0.3 is 0 Å². The smallest absolute Gasteiger partial charge is 0.0462 e. The number of ether oxygens (including phenoxy) is 1. The molecule has 0 amide bonds. The molecule has 1 aromatic rings. The third-order valence-corrected chi connectivity index (χ3v) is 2.45. The summed E-state index contributed by atoms with van der Waals surface area (Å²) >= 11 is 3.46. The molecule has 0 heterocycles. The first-order valence-electron chi connectivity index (χ1n) is 4.56. The maximum Gasteiger partial charge on any atom is 0.0462 e. The molecule has 0 aromatic heterocycles. The molecule has 0 spiro atoms. The minimum absolute atomic E-state index is 0.869. The Labute approximate surface area is 88.2 Å². The molecule has 0 atom stereocenters. The molecule has 0 fully saturated rings. The van der Waals surface area contributed by atoms with Gasteiger partial charge in [0.25, 0.3) is 0 Å². The molecule has 0 saturated heterocycles. The average molecular weight is 243 g/mol. The van der Waals surface area contributed by atoms with Gasteiger partial charge in [-0.3, -0.25) is 0 Å². The maximum atomic E-state index is 4.99. The zero-order valence-corrected chi connectivity index (χ0v) is 9.51. The highest BCUT2D eigenvalue weighted by atomic mass is 79.9. The molecule has 1 rings (SSSR count). The fourth-order valence-corrected chi connectivity index (χ4v) is 1.71. The molecular weight excluding hydrogens is 228 g/mol. The summed E-state index contributed by atoms with van der Waals surface area (Å²) in [5.74, 6) is 0. The van der Waals surface area contributed by atoms with Crippen molar-refractivity contribution in [2.45, 2.75) is 19.3 Å². The number of methoxy groups -OCH3 is 1. The van der Waals surface area contributed by atoms with Gasteiger partial charge < -0.3 is 4.74 Å². The molecular formula is C11H15BrO. The van der Waals surface area contributed by atoms with Gasteiger partial charge in [-0.15, -0.1) is 0 Å². The van der Waals surface area contributed by atoms with E-state index in [2.05, 4.69) is 40.2 Å². The molecule has 2 heteroatoms. The van der Waals surface area contributed by atoms with Gasteiger partial charge in [-0.25, -0.2) is 0 Å². The first kappa shape index (κ1) is 10.7. The SMILES string of the molecule is COCCCCc1cccc(Br)c1. The molecule has 0 saturated carbocycles. The molecule has 0 bridgehead atoms. The van der Waals surface area contributed by atoms with Crippen LogP contribution >= 0.6 is 15.9 Å². The van der Waals surface area contributed by atoms with Crippen LogP contribution in [0.5, 0.6) is 0 Å². The predicted molar refractivity (Wildman–Crippen MR) is 59.0 cm³/mol. The molecule has 0 N–H and O–H groups in total. The molecule has 0 aliphatic rings. The fourth-order valence-electron chi connectivity index (χ4n) is 1.27. The van der Waals surface area contributed by atoms with Crippen molar-refractivity contribution >= 4 is 15.9 Å². The molecule has 1 nitrogen and oxygen atoms in total. The van der Waals surface area contributed by atoms with Crippen molar-refractivity contribution in [2.24, 2.45) is 0 Å². The summed E-state index contributed by atoms with van der Waals surface area (Å²) in [5, 5.41) is 0. The Hall–Kier alpha value is -0.340. The maximum absolute atomic E-state index is 4.99. The van der Waals surface area contributed by atoms with Gasteiger partial charge in [-0.05, 0) is 37.0 Å². The Bertz CT molecular complexity index is 248. The molecule has 0 unspecified atom stereocenters. The van der Waals surface area contributed by atoms with Crippen LogP contribution in [0.3, 0.4) is 0 Å². The molecule has 13 heavy (non-hydrogen) atoms. The van der Waals surface area contributed by atoms with Crippen molar-refractivity contribution in [1.29, 1.82) is 0 Å². The second-order valence-corrected chi connectivity index (χ2v) is 4.00. The highest BCUT2D eigenvalue weighted by molar-refractivity contribution is 9.10. The van der Waals surface area contributed by atoms with E-state index in [1.165, 1.54) is 12.0 Å². The number of rotatable bonds is 5. The van der Waals surface area contributed by atoms with Crippen molar-refractivity contribution in [3.05, 3.63) is 34.3 Å². The second kappa shape index (κ2) is 6.17. The highest BCUT2D eigenvalue weighted by Crippen LogP contribution is 2.13. The van der Waals surface area contributed by atoms with Crippen LogP contribution in [0.1, 0.15) is 18.4 Å². The van der Waals surface area contributed by atoms with Gasteiger partial charge in [0.2, 0.25) is 0 Å². The lowest BCUT2D eigenvalue weighted by Crippen LogP contribution is -1.91. The summed E-state index contributed by atoms with van der Waals surface area (Å²) in [6, 6.07) is 8.47. The molecule has 0 radical (unpaired) electrons. The van der Waals surface area contributed by atoms with E-state index in [-0.39, 0.29) is 0 Å². The number of hydrogen-bond donors (Lipinski definition) is 0. The van der Waals surface area contributed by atoms with E-state index in [4.69, 9.17) is 4.74 Å². The van der Waals surface area contributed by atoms with Crippen LogP contribution < -0.4 is 0 Å². The number of halogens is 1. The Morgan fingerprint density at radius 1 is 1.31 bits per heavy atom. The predicted octanol–water partition coefficient (Wildman–Crippen LogP) is 3.42. The minimum Gasteiger partial charge on any atom is -0.385 e. The zero-order chi connectivity index (χ0) is 9.52. The third-order valence-electron chi connectivity index (χ3n) is 1.95. The Morgan fingerprint density at radius 3 is 2.85 bits per heavy atom. The summed E-state index contributed by atoms with van der Waals surface area (Å²) in [5.41, 5.74) is 1.39. The number of benzene rings is 1. The van der Waals surface area contributed by atoms with Crippen molar-refractivity contribution in [1.82, 2.24) is 0 Å². The van der Waals surface area contributed by atoms with E-state index in [0.29, 0.717) is 0 Å². The van der Waals surface area contributed by atoms with Crippen molar-refractivity contribution < 1.29 is 4.74 Å². The monoisotopic (exact) mass is 242 g/mol. The third kappa shape index (κ3) is 4.44. The van der Waals surface area contributed by atoms with Crippen LogP contribution in [0, 0.1) is 0 Å². The molecule has 72 valence electrons. The Kier molecular flexibility index (Phi) is 5.09. The number of hydrogen-bond acceptors (Lipinski definition) is 1. The average Bonchev–Trinajstić information content (AvgIpc) is 2.13. The van der Waals surface area contributed by atoms with Gasteiger partial charge in [0.15, 0.2) is 0 Å². The lowest BCUT2D eigenvalue weighted by atomic mass is 10.1. The summed E-state index contributed by atoms with van der Waals surface area (Å²) in [7, 11) is 1.75. The van der Waals surface area contributed by atoms with Crippen LogP contribution in [0.2, 0.25) is 0 Å². The summed E-state index contributed by atoms with van der Waals surface area (Å²) in [6.07, 6.45) is 3.48. The van der Waals surface area contributed by atoms with Crippen LogP contribution in [0.4, 0.5) is 0 Å². The van der Waals surface area contributed by atoms with Gasteiger partial charge in [-0.1, -0.05) is 28.1 Å². The van der Waals surface area contributed by atoms with E-state index in [1.807, 2.05) is 0 Å². The lowest BCUT2D eigenvalue weighted by molar-refractivity contribution is 0.193. The second-order valence-electron chi connectivity index (χ2n) is 3.08. The summed E-state index contributed by atoms with van der Waals surface area (Å²) in [4.78, 5) is 0. The van der Waals surface area contributed by atoms with Crippen LogP contribution in [-0.4, -0.2) is 13.7 Å². The largest absolute Gasteiger partial charge is 0.385 e. The van der Waals surface area contributed by atoms with Crippen molar-refractivity contribution in [3.63, 3.8) is 0 Å². The van der Waals surface area contributed by atoms with Crippen molar-refractivity contribution in [3.8, 4) is 0 Å². The van der Waals surface area contributed by atoms with Gasteiger partial charge in [-0.2, -0.15) is 0 Å². The van der Waals surface area contributed by atoms with E-state index in [9.17, 15) is 0 Å². The first-order valence-corrected chi connectivity index (χ1v) is 5.35. The normalized spacial score (nSPS) is 10.3. The van der Waals surface area contributed by atoms with E-state index >= 15 is 0 Å². The Balaban J connectivity index is 2.28. The number of aryl methyl sites for hydroxylation is 1. The van der Waals surface area contributed by atoms with E-state index < -0.39 is 0 Å². The van der Waals surface area contributed by atoms with E-state index in [1.54, 1.807) is 7.11 Å². The lowest BCUT2D eigenvalue weighted by Gasteiger charge is -2.01. The van der Waals surface area contributed by atoms with Gasteiger partial charge in [0, 0.05) is 18.2 Å². The quantitative estimate of drug-likeness (QED) is 0.720. The van der Waals surface area contributed by atoms with Gasteiger partial charge in [0.1, 0.15) is 0 Å². The Morgan fingerprint density at radius 2 is 2.15 bits per heavy atom. The van der Waals surface area contributed by atoms with Crippen LogP contribution in [-0.2, 0) is 11.2 Å². The fraction of sp³-hybridized carbons (Fsp3) is 0.455. The van der Waals surface area contributed by atoms with E-state index in [0.717, 1.165) is 23.9 Å². The topological polar surface area (TPSA) is 9.23 Å². The standard InChI is InChI=1S/C11H15BrO/c1-13-8-3-2-5-10-6-4-7-11(12)9-10/h4,6-7,9H,2-3,5,8H2,1H3. The summed E-state index contributed by atoms with van der Waals surface area (Å²) in [6.45, 7) is 0.869. The highest BCUT2D eigenvalue weighted by Gasteiger charge is 1.93. The van der Waals surface area contributed by atoms with Crippen molar-refractivity contribution in [2.75, 3.05) is 13.7 Å². The molecule has 1 aromatic carbocycles.